The minimum absolute atomic E-state index is 0.000243. The Hall–Kier alpha value is -2.90. The van der Waals surface area contributed by atoms with Crippen molar-refractivity contribution in [2.45, 2.75) is 33.2 Å². The second kappa shape index (κ2) is 6.68. The van der Waals surface area contributed by atoms with E-state index in [0.29, 0.717) is 43.0 Å². The molecule has 1 fully saturated rings. The Morgan fingerprint density at radius 2 is 1.48 bits per heavy atom. The van der Waals surface area contributed by atoms with Crippen LogP contribution in [-0.2, 0) is 4.79 Å². The zero-order valence-electron chi connectivity index (χ0n) is 16.0. The molecule has 0 aromatic heterocycles. The van der Waals surface area contributed by atoms with Gasteiger partial charge < -0.3 is 15.1 Å². The molecule has 0 radical (unpaired) electrons. The lowest BCUT2D eigenvalue weighted by atomic mass is 10.1. The standard InChI is InChI=1S/C19H24N4O4/c1-12(24)21-7-9-22(10-8-21)18(27)20-13-5-6-14-15(11-13)17(26)23(16(14)25)19(2,3)4/h5-6,11H,7-10H2,1-4H3,(H,20,27). The number of hydrogen-bond acceptors (Lipinski definition) is 4. The number of rotatable bonds is 1. The number of fused-ring (bicyclic) bond motifs is 1. The van der Waals surface area contributed by atoms with Crippen molar-refractivity contribution in [1.82, 2.24) is 14.7 Å². The lowest BCUT2D eigenvalue weighted by Crippen LogP contribution is -2.51. The van der Waals surface area contributed by atoms with Gasteiger partial charge in [0.15, 0.2) is 0 Å². The summed E-state index contributed by atoms with van der Waals surface area (Å²) in [6.07, 6.45) is 0. The van der Waals surface area contributed by atoms with Gasteiger partial charge >= 0.3 is 6.03 Å². The number of nitrogens with one attached hydrogen (secondary N) is 1. The van der Waals surface area contributed by atoms with E-state index in [1.807, 2.05) is 0 Å². The van der Waals surface area contributed by atoms with Gasteiger partial charge in [0.05, 0.1) is 11.1 Å². The van der Waals surface area contributed by atoms with Crippen molar-refractivity contribution in [3.05, 3.63) is 29.3 Å². The Bertz CT molecular complexity index is 819. The highest BCUT2D eigenvalue weighted by Crippen LogP contribution is 2.31. The molecule has 8 heteroatoms. The monoisotopic (exact) mass is 372 g/mol. The molecular weight excluding hydrogens is 348 g/mol. The lowest BCUT2D eigenvalue weighted by Gasteiger charge is -2.34. The highest BCUT2D eigenvalue weighted by Gasteiger charge is 2.42. The fourth-order valence-corrected chi connectivity index (χ4v) is 3.35. The first-order valence-electron chi connectivity index (χ1n) is 8.94. The molecule has 1 aromatic carbocycles. The largest absolute Gasteiger partial charge is 0.339 e. The van der Waals surface area contributed by atoms with Crippen molar-refractivity contribution in [1.29, 1.82) is 0 Å². The molecule has 0 unspecified atom stereocenters. The molecular formula is C19H24N4O4. The minimum atomic E-state index is -0.618. The molecule has 27 heavy (non-hydrogen) atoms. The molecule has 0 bridgehead atoms. The first-order valence-corrected chi connectivity index (χ1v) is 8.94. The van der Waals surface area contributed by atoms with Crippen LogP contribution < -0.4 is 5.32 Å². The van der Waals surface area contributed by atoms with E-state index in [4.69, 9.17) is 0 Å². The fourth-order valence-electron chi connectivity index (χ4n) is 3.35. The number of nitrogens with zero attached hydrogens (tertiary/aromatic N) is 3. The highest BCUT2D eigenvalue weighted by molar-refractivity contribution is 6.22. The number of anilines is 1. The number of imide groups is 1. The van der Waals surface area contributed by atoms with Crippen LogP contribution in [0.5, 0.6) is 0 Å². The van der Waals surface area contributed by atoms with Crippen LogP contribution in [0.3, 0.4) is 0 Å². The van der Waals surface area contributed by atoms with Gasteiger partial charge in [0.1, 0.15) is 0 Å². The van der Waals surface area contributed by atoms with Crippen molar-refractivity contribution in [2.75, 3.05) is 31.5 Å². The smallest absolute Gasteiger partial charge is 0.321 e. The predicted molar refractivity (Wildman–Crippen MR) is 99.5 cm³/mol. The summed E-state index contributed by atoms with van der Waals surface area (Å²) >= 11 is 0. The number of urea groups is 1. The Morgan fingerprint density at radius 3 is 2.04 bits per heavy atom. The molecule has 0 saturated carbocycles. The molecule has 3 rings (SSSR count). The van der Waals surface area contributed by atoms with E-state index < -0.39 is 5.54 Å². The van der Waals surface area contributed by atoms with E-state index in [1.165, 1.54) is 11.8 Å². The van der Waals surface area contributed by atoms with E-state index >= 15 is 0 Å². The predicted octanol–water partition coefficient (Wildman–Crippen LogP) is 1.78. The minimum Gasteiger partial charge on any atom is -0.339 e. The van der Waals surface area contributed by atoms with Gasteiger partial charge in [-0.1, -0.05) is 0 Å². The van der Waals surface area contributed by atoms with Crippen molar-refractivity contribution < 1.29 is 19.2 Å². The summed E-state index contributed by atoms with van der Waals surface area (Å²) in [5.74, 6) is -0.672. The van der Waals surface area contributed by atoms with Gasteiger partial charge in [0, 0.05) is 44.3 Å². The Labute approximate surface area is 158 Å². The summed E-state index contributed by atoms with van der Waals surface area (Å²) in [5.41, 5.74) is 0.495. The molecule has 144 valence electrons. The second-order valence-electron chi connectivity index (χ2n) is 7.80. The SMILES string of the molecule is CC(=O)N1CCN(C(=O)Nc2ccc3c(c2)C(=O)N(C(C)(C)C)C3=O)CC1. The van der Waals surface area contributed by atoms with E-state index in [9.17, 15) is 19.2 Å². The molecule has 0 aliphatic carbocycles. The zero-order chi connectivity index (χ0) is 19.9. The summed E-state index contributed by atoms with van der Waals surface area (Å²) < 4.78 is 0. The van der Waals surface area contributed by atoms with Crippen LogP contribution in [0.2, 0.25) is 0 Å². The normalized spacial score (nSPS) is 17.3. The molecule has 8 nitrogen and oxygen atoms in total. The summed E-state index contributed by atoms with van der Waals surface area (Å²) in [7, 11) is 0. The third-order valence-corrected chi connectivity index (χ3v) is 4.82. The second-order valence-corrected chi connectivity index (χ2v) is 7.80. The molecule has 2 aliphatic heterocycles. The Balaban J connectivity index is 1.72. The van der Waals surface area contributed by atoms with Crippen LogP contribution in [0, 0.1) is 0 Å². The molecule has 2 aliphatic rings. The van der Waals surface area contributed by atoms with Gasteiger partial charge in [-0.15, -0.1) is 0 Å². The summed E-state index contributed by atoms with van der Waals surface area (Å²) in [5, 5.41) is 2.78. The zero-order valence-corrected chi connectivity index (χ0v) is 16.0. The number of hydrogen-bond donors (Lipinski definition) is 1. The quantitative estimate of drug-likeness (QED) is 0.761. The van der Waals surface area contributed by atoms with Crippen LogP contribution in [0.25, 0.3) is 0 Å². The van der Waals surface area contributed by atoms with Gasteiger partial charge in [-0.05, 0) is 39.0 Å². The first kappa shape index (κ1) is 18.9. The van der Waals surface area contributed by atoms with Gasteiger partial charge in [-0.25, -0.2) is 4.79 Å². The van der Waals surface area contributed by atoms with E-state index in [1.54, 1.807) is 48.8 Å². The molecule has 1 saturated heterocycles. The van der Waals surface area contributed by atoms with Gasteiger partial charge in [-0.2, -0.15) is 0 Å². The van der Waals surface area contributed by atoms with Crippen LogP contribution in [0.4, 0.5) is 10.5 Å². The average molecular weight is 372 g/mol. The van der Waals surface area contributed by atoms with Crippen LogP contribution >= 0.6 is 0 Å². The summed E-state index contributed by atoms with van der Waals surface area (Å²) in [6, 6.07) is 4.46. The topological polar surface area (TPSA) is 90.0 Å². The van der Waals surface area contributed by atoms with E-state index in [-0.39, 0.29) is 23.8 Å². The summed E-state index contributed by atoms with van der Waals surface area (Å²) in [6.45, 7) is 8.83. The molecule has 1 N–H and O–H groups in total. The average Bonchev–Trinajstić information content (AvgIpc) is 2.85. The number of carbonyl (C=O) groups excluding carboxylic acids is 4. The maximum Gasteiger partial charge on any atom is 0.321 e. The van der Waals surface area contributed by atoms with Crippen molar-refractivity contribution in [2.24, 2.45) is 0 Å². The third-order valence-electron chi connectivity index (χ3n) is 4.82. The number of benzene rings is 1. The van der Waals surface area contributed by atoms with Gasteiger partial charge in [0.2, 0.25) is 5.91 Å². The lowest BCUT2D eigenvalue weighted by molar-refractivity contribution is -0.130. The third kappa shape index (κ3) is 3.51. The Morgan fingerprint density at radius 1 is 0.926 bits per heavy atom. The van der Waals surface area contributed by atoms with Crippen molar-refractivity contribution >= 4 is 29.4 Å². The number of piperazine rings is 1. The van der Waals surface area contributed by atoms with Crippen LogP contribution in [0.1, 0.15) is 48.4 Å². The maximum absolute atomic E-state index is 12.6. The van der Waals surface area contributed by atoms with Gasteiger partial charge in [0.25, 0.3) is 11.8 Å². The van der Waals surface area contributed by atoms with Gasteiger partial charge in [-0.3, -0.25) is 19.3 Å². The van der Waals surface area contributed by atoms with Crippen molar-refractivity contribution in [3.63, 3.8) is 0 Å². The van der Waals surface area contributed by atoms with Crippen molar-refractivity contribution in [3.8, 4) is 0 Å². The number of carbonyl (C=O) groups is 4. The fraction of sp³-hybridized carbons (Fsp3) is 0.474. The van der Waals surface area contributed by atoms with Crippen LogP contribution in [-0.4, -0.2) is 70.2 Å². The number of amides is 5. The highest BCUT2D eigenvalue weighted by atomic mass is 16.2. The molecule has 2 heterocycles. The maximum atomic E-state index is 12.6. The van der Waals surface area contributed by atoms with E-state index in [0.717, 1.165) is 0 Å². The Kier molecular flexibility index (Phi) is 4.67. The summed E-state index contributed by atoms with van der Waals surface area (Å²) in [4.78, 5) is 53.5. The van der Waals surface area contributed by atoms with E-state index in [2.05, 4.69) is 5.32 Å². The molecule has 0 atom stereocenters. The molecule has 1 aromatic rings. The first-order chi connectivity index (χ1) is 12.6. The molecule has 5 amide bonds. The van der Waals surface area contributed by atoms with Crippen LogP contribution in [0.15, 0.2) is 18.2 Å². The molecule has 0 spiro atoms.